The molecule has 0 atom stereocenters. The number of carbonyl (C=O) groups excluding carboxylic acids is 1. The molecule has 0 bridgehead atoms. The highest BCUT2D eigenvalue weighted by molar-refractivity contribution is 8.18. The number of amides is 1. The summed E-state index contributed by atoms with van der Waals surface area (Å²) in [6.45, 7) is 5.66. The lowest BCUT2D eigenvalue weighted by molar-refractivity contribution is -0.122. The lowest BCUT2D eigenvalue weighted by Gasteiger charge is -2.15. The summed E-state index contributed by atoms with van der Waals surface area (Å²) in [5, 5.41) is 0.704. The quantitative estimate of drug-likeness (QED) is 0.545. The van der Waals surface area contributed by atoms with E-state index in [0.29, 0.717) is 29.8 Å². The number of benzene rings is 1. The van der Waals surface area contributed by atoms with Crippen LogP contribution in [0.4, 0.5) is 5.69 Å². The number of carbonyl (C=O) groups is 1. The molecule has 130 valence electrons. The van der Waals surface area contributed by atoms with Crippen LogP contribution < -0.4 is 0 Å². The van der Waals surface area contributed by atoms with Crippen molar-refractivity contribution in [3.8, 4) is 0 Å². The van der Waals surface area contributed by atoms with E-state index in [1.165, 1.54) is 16.6 Å². The van der Waals surface area contributed by atoms with Crippen LogP contribution in [0, 0.1) is 6.92 Å². The Morgan fingerprint density at radius 1 is 1.20 bits per heavy atom. The van der Waals surface area contributed by atoms with Gasteiger partial charge >= 0.3 is 0 Å². The van der Waals surface area contributed by atoms with Gasteiger partial charge in [0.1, 0.15) is 0 Å². The molecule has 2 heterocycles. The topological polar surface area (TPSA) is 41.9 Å². The highest BCUT2D eigenvalue weighted by Gasteiger charge is 2.33. The molecule has 6 heteroatoms. The molecule has 3 rings (SSSR count). The minimum atomic E-state index is -0.00885. The zero-order valence-corrected chi connectivity index (χ0v) is 15.9. The first-order valence-electron chi connectivity index (χ1n) is 8.16. The molecule has 1 aromatic heterocycles. The summed E-state index contributed by atoms with van der Waals surface area (Å²) < 4.78 is 5.42. The molecule has 1 saturated heterocycles. The molecule has 1 fully saturated rings. The summed E-state index contributed by atoms with van der Waals surface area (Å²) in [6, 6.07) is 13.8. The number of para-hydroxylation sites is 1. The second-order valence-electron chi connectivity index (χ2n) is 5.44. The van der Waals surface area contributed by atoms with Gasteiger partial charge in [-0.15, -0.1) is 11.3 Å². The van der Waals surface area contributed by atoms with Crippen molar-refractivity contribution in [2.24, 2.45) is 4.99 Å². The number of thioether (sulfide) groups is 1. The average Bonchev–Trinajstić information content (AvgIpc) is 3.14. The first-order valence-corrected chi connectivity index (χ1v) is 9.80. The Morgan fingerprint density at radius 3 is 2.68 bits per heavy atom. The Kier molecular flexibility index (Phi) is 6.07. The van der Waals surface area contributed by atoms with Crippen LogP contribution in [-0.2, 0) is 9.53 Å². The van der Waals surface area contributed by atoms with Crippen LogP contribution in [0.2, 0.25) is 0 Å². The second kappa shape index (κ2) is 8.47. The Morgan fingerprint density at radius 2 is 2.00 bits per heavy atom. The number of hydrogen-bond donors (Lipinski definition) is 0. The number of thiophene rings is 1. The molecular weight excluding hydrogens is 352 g/mol. The Bertz CT molecular complexity index is 797. The fourth-order valence-electron chi connectivity index (χ4n) is 2.36. The van der Waals surface area contributed by atoms with Gasteiger partial charge in [-0.1, -0.05) is 18.2 Å². The van der Waals surface area contributed by atoms with E-state index >= 15 is 0 Å². The van der Waals surface area contributed by atoms with Crippen LogP contribution in [0.1, 0.15) is 16.7 Å². The van der Waals surface area contributed by atoms with Gasteiger partial charge in [0.25, 0.3) is 5.91 Å². The van der Waals surface area contributed by atoms with Crippen molar-refractivity contribution in [3.63, 3.8) is 0 Å². The average molecular weight is 373 g/mol. The fraction of sp³-hybridized carbons (Fsp3) is 0.263. The summed E-state index contributed by atoms with van der Waals surface area (Å²) in [6.07, 6.45) is 1.95. The van der Waals surface area contributed by atoms with Crippen molar-refractivity contribution in [2.75, 3.05) is 19.8 Å². The Labute approximate surface area is 156 Å². The van der Waals surface area contributed by atoms with Gasteiger partial charge in [-0.2, -0.15) is 0 Å². The van der Waals surface area contributed by atoms with Crippen LogP contribution in [0.15, 0.2) is 52.4 Å². The molecular formula is C19H20N2O2S2. The van der Waals surface area contributed by atoms with Gasteiger partial charge < -0.3 is 4.74 Å². The molecule has 0 spiro atoms. The van der Waals surface area contributed by atoms with E-state index in [9.17, 15) is 4.79 Å². The molecule has 0 aliphatic carbocycles. The molecule has 1 aromatic carbocycles. The molecule has 4 nitrogen and oxygen atoms in total. The predicted octanol–water partition coefficient (Wildman–Crippen LogP) is 4.70. The SMILES string of the molecule is CCOCCN1C(=O)/C(=C/c2ccc(C)s2)SC1=Nc1ccccc1. The number of nitrogens with zero attached hydrogens (tertiary/aromatic N) is 2. The maximum atomic E-state index is 12.8. The summed E-state index contributed by atoms with van der Waals surface area (Å²) in [5.41, 5.74) is 0.840. The highest BCUT2D eigenvalue weighted by Crippen LogP contribution is 2.34. The minimum absolute atomic E-state index is 0.00885. The van der Waals surface area contributed by atoms with Gasteiger partial charge in [0, 0.05) is 16.4 Å². The molecule has 0 N–H and O–H groups in total. The lowest BCUT2D eigenvalue weighted by atomic mass is 10.3. The van der Waals surface area contributed by atoms with E-state index in [-0.39, 0.29) is 5.91 Å². The van der Waals surface area contributed by atoms with Crippen molar-refractivity contribution >= 4 is 45.9 Å². The second-order valence-corrected chi connectivity index (χ2v) is 7.77. The van der Waals surface area contributed by atoms with E-state index in [4.69, 9.17) is 4.74 Å². The van der Waals surface area contributed by atoms with E-state index in [1.54, 1.807) is 16.2 Å². The lowest BCUT2D eigenvalue weighted by Crippen LogP contribution is -2.32. The fourth-order valence-corrected chi connectivity index (χ4v) is 4.27. The summed E-state index contributed by atoms with van der Waals surface area (Å²) in [7, 11) is 0. The summed E-state index contributed by atoms with van der Waals surface area (Å²) >= 11 is 3.10. The number of rotatable bonds is 6. The summed E-state index contributed by atoms with van der Waals surface area (Å²) in [4.78, 5) is 22.2. The first kappa shape index (κ1) is 17.9. The molecule has 1 amide bonds. The van der Waals surface area contributed by atoms with E-state index in [2.05, 4.69) is 18.0 Å². The molecule has 1 aliphatic heterocycles. The molecule has 0 radical (unpaired) electrons. The maximum Gasteiger partial charge on any atom is 0.266 e. The van der Waals surface area contributed by atoms with Crippen LogP contribution >= 0.6 is 23.1 Å². The largest absolute Gasteiger partial charge is 0.380 e. The Hall–Kier alpha value is -1.89. The van der Waals surface area contributed by atoms with E-state index < -0.39 is 0 Å². The highest BCUT2D eigenvalue weighted by atomic mass is 32.2. The minimum Gasteiger partial charge on any atom is -0.380 e. The maximum absolute atomic E-state index is 12.8. The zero-order valence-electron chi connectivity index (χ0n) is 14.3. The number of amidine groups is 1. The van der Waals surface area contributed by atoms with Crippen molar-refractivity contribution in [3.05, 3.63) is 57.1 Å². The molecule has 1 aliphatic rings. The molecule has 0 saturated carbocycles. The number of aryl methyl sites for hydroxylation is 1. The van der Waals surface area contributed by atoms with Crippen molar-refractivity contribution in [1.82, 2.24) is 4.90 Å². The number of aliphatic imine (C=N–C) groups is 1. The molecule has 2 aromatic rings. The monoisotopic (exact) mass is 372 g/mol. The van der Waals surface area contributed by atoms with Crippen molar-refractivity contribution in [2.45, 2.75) is 13.8 Å². The van der Waals surface area contributed by atoms with Gasteiger partial charge in [-0.3, -0.25) is 9.69 Å². The van der Waals surface area contributed by atoms with Gasteiger partial charge in [-0.25, -0.2) is 4.99 Å². The van der Waals surface area contributed by atoms with Crippen molar-refractivity contribution in [1.29, 1.82) is 0 Å². The van der Waals surface area contributed by atoms with Gasteiger partial charge in [0.15, 0.2) is 5.17 Å². The van der Waals surface area contributed by atoms with Crippen LogP contribution in [0.5, 0.6) is 0 Å². The summed E-state index contributed by atoms with van der Waals surface area (Å²) in [5.74, 6) is -0.00885. The van der Waals surface area contributed by atoms with Crippen LogP contribution in [0.3, 0.4) is 0 Å². The Balaban J connectivity index is 1.87. The van der Waals surface area contributed by atoms with Gasteiger partial charge in [0.2, 0.25) is 0 Å². The zero-order chi connectivity index (χ0) is 17.6. The van der Waals surface area contributed by atoms with Gasteiger partial charge in [-0.05, 0) is 56.0 Å². The third-order valence-corrected chi connectivity index (χ3v) is 5.52. The number of hydrogen-bond acceptors (Lipinski definition) is 5. The molecule has 0 unspecified atom stereocenters. The smallest absolute Gasteiger partial charge is 0.266 e. The van der Waals surface area contributed by atoms with Crippen LogP contribution in [-0.4, -0.2) is 35.7 Å². The van der Waals surface area contributed by atoms with Gasteiger partial charge in [0.05, 0.1) is 23.7 Å². The first-order chi connectivity index (χ1) is 12.2. The van der Waals surface area contributed by atoms with E-state index in [0.717, 1.165) is 10.6 Å². The molecule has 25 heavy (non-hydrogen) atoms. The predicted molar refractivity (Wildman–Crippen MR) is 106 cm³/mol. The number of ether oxygens (including phenoxy) is 1. The normalized spacial score (nSPS) is 17.8. The standard InChI is InChI=1S/C19H20N2O2S2/c1-3-23-12-11-21-18(22)17(13-16-10-9-14(2)24-16)25-19(21)20-15-7-5-4-6-8-15/h4-10,13H,3,11-12H2,1-2H3/b17-13-,20-19?. The van der Waals surface area contributed by atoms with Crippen LogP contribution in [0.25, 0.3) is 6.08 Å². The van der Waals surface area contributed by atoms with E-state index in [1.807, 2.05) is 49.4 Å². The third-order valence-electron chi connectivity index (χ3n) is 3.57. The van der Waals surface area contributed by atoms with Crippen molar-refractivity contribution < 1.29 is 9.53 Å². The third kappa shape index (κ3) is 4.60.